The molecule has 2 aromatic rings. The Balaban J connectivity index is 1.91. The lowest BCUT2D eigenvalue weighted by Gasteiger charge is -2.24. The van der Waals surface area contributed by atoms with Crippen molar-refractivity contribution in [3.8, 4) is 0 Å². The van der Waals surface area contributed by atoms with Crippen LogP contribution < -0.4 is 5.73 Å². The van der Waals surface area contributed by atoms with Crippen molar-refractivity contribution in [3.63, 3.8) is 0 Å². The molecule has 0 unspecified atom stereocenters. The first-order chi connectivity index (χ1) is 10.0. The average Bonchev–Trinajstić information content (AvgIpc) is 3.04. The highest BCUT2D eigenvalue weighted by Crippen LogP contribution is 2.64. The molecule has 0 aliphatic heterocycles. The summed E-state index contributed by atoms with van der Waals surface area (Å²) < 4.78 is 2.82. The summed E-state index contributed by atoms with van der Waals surface area (Å²) in [5.74, 6) is 0.160. The fourth-order valence-corrected chi connectivity index (χ4v) is 4.73. The standard InChI is InChI=1S/C13H15IN4O3/c14-7-2-18(12-8(7)11(15)16-4-17-12)13-1-6(13)5(3-19)9(20)10(13)21/h2,4-6,9-10,19-21H,1,3H2,(H2,15,16,17)/t5-,6-,9+,10+,13+/m0/s1. The van der Waals surface area contributed by atoms with Gasteiger partial charge >= 0.3 is 0 Å². The maximum absolute atomic E-state index is 10.5. The molecule has 4 rings (SSSR count). The fraction of sp³-hybridized carbons (Fsp3) is 0.538. The van der Waals surface area contributed by atoms with Gasteiger partial charge in [0.1, 0.15) is 23.9 Å². The van der Waals surface area contributed by atoms with Crippen LogP contribution >= 0.6 is 22.6 Å². The zero-order valence-electron chi connectivity index (χ0n) is 11.0. The van der Waals surface area contributed by atoms with E-state index >= 15 is 0 Å². The highest BCUT2D eigenvalue weighted by molar-refractivity contribution is 14.1. The Hall–Kier alpha value is -0.970. The van der Waals surface area contributed by atoms with Crippen LogP contribution in [-0.2, 0) is 5.54 Å². The van der Waals surface area contributed by atoms with Gasteiger partial charge in [-0.15, -0.1) is 0 Å². The minimum Gasteiger partial charge on any atom is -0.396 e. The largest absolute Gasteiger partial charge is 0.396 e. The summed E-state index contributed by atoms with van der Waals surface area (Å²) in [6.07, 6.45) is 2.19. The molecule has 7 nitrogen and oxygen atoms in total. The van der Waals surface area contributed by atoms with Gasteiger partial charge in [0.15, 0.2) is 0 Å². The third-order valence-electron chi connectivity index (χ3n) is 5.05. The van der Waals surface area contributed by atoms with E-state index in [1.807, 2.05) is 10.8 Å². The summed E-state index contributed by atoms with van der Waals surface area (Å²) in [4.78, 5) is 8.31. The summed E-state index contributed by atoms with van der Waals surface area (Å²) in [6.45, 7) is -0.127. The van der Waals surface area contributed by atoms with Crippen molar-refractivity contribution in [1.29, 1.82) is 0 Å². The van der Waals surface area contributed by atoms with Gasteiger partial charge < -0.3 is 25.6 Å². The van der Waals surface area contributed by atoms with Crippen molar-refractivity contribution >= 4 is 39.4 Å². The number of aliphatic hydroxyl groups excluding tert-OH is 3. The van der Waals surface area contributed by atoms with Crippen LogP contribution in [0.3, 0.4) is 0 Å². The predicted octanol–water partition coefficient (Wildman–Crippen LogP) is -0.323. The Morgan fingerprint density at radius 3 is 2.86 bits per heavy atom. The molecule has 112 valence electrons. The molecule has 2 heterocycles. The van der Waals surface area contributed by atoms with E-state index in [4.69, 9.17) is 5.73 Å². The molecule has 2 aliphatic rings. The summed E-state index contributed by atoms with van der Waals surface area (Å²) in [5, 5.41) is 30.8. The third-order valence-corrected chi connectivity index (χ3v) is 5.86. The molecular formula is C13H15IN4O3. The zero-order chi connectivity index (χ0) is 14.9. The van der Waals surface area contributed by atoms with E-state index in [9.17, 15) is 15.3 Å². The monoisotopic (exact) mass is 402 g/mol. The number of hydrogen-bond acceptors (Lipinski definition) is 6. The number of nitrogen functional groups attached to an aromatic ring is 1. The number of aliphatic hydroxyl groups is 3. The van der Waals surface area contributed by atoms with Crippen LogP contribution in [0.2, 0.25) is 0 Å². The number of fused-ring (bicyclic) bond motifs is 2. The van der Waals surface area contributed by atoms with Gasteiger partial charge in [-0.1, -0.05) is 0 Å². The molecule has 0 radical (unpaired) electrons. The molecule has 0 aromatic carbocycles. The highest BCUT2D eigenvalue weighted by Gasteiger charge is 2.72. The van der Waals surface area contributed by atoms with Gasteiger partial charge in [0, 0.05) is 22.3 Å². The lowest BCUT2D eigenvalue weighted by atomic mass is 10.0. The van der Waals surface area contributed by atoms with Crippen molar-refractivity contribution in [2.24, 2.45) is 11.8 Å². The van der Waals surface area contributed by atoms with Crippen LogP contribution in [0.4, 0.5) is 5.82 Å². The van der Waals surface area contributed by atoms with Gasteiger partial charge in [-0.25, -0.2) is 9.97 Å². The van der Waals surface area contributed by atoms with E-state index in [1.54, 1.807) is 0 Å². The van der Waals surface area contributed by atoms with Crippen molar-refractivity contribution in [2.45, 2.75) is 24.2 Å². The van der Waals surface area contributed by atoms with E-state index in [1.165, 1.54) is 6.33 Å². The predicted molar refractivity (Wildman–Crippen MR) is 83.3 cm³/mol. The first-order valence-electron chi connectivity index (χ1n) is 6.77. The molecule has 5 atom stereocenters. The van der Waals surface area contributed by atoms with E-state index in [2.05, 4.69) is 32.6 Å². The molecule has 5 N–H and O–H groups in total. The number of nitrogens with two attached hydrogens (primary N) is 1. The first kappa shape index (κ1) is 13.7. The second-order valence-electron chi connectivity index (χ2n) is 5.89. The van der Waals surface area contributed by atoms with E-state index in [0.717, 1.165) is 15.4 Å². The number of nitrogens with zero attached hydrogens (tertiary/aromatic N) is 3. The highest BCUT2D eigenvalue weighted by atomic mass is 127. The van der Waals surface area contributed by atoms with Crippen molar-refractivity contribution in [3.05, 3.63) is 16.1 Å². The van der Waals surface area contributed by atoms with E-state index < -0.39 is 17.7 Å². The van der Waals surface area contributed by atoms with Crippen LogP contribution in [0.5, 0.6) is 0 Å². The maximum Gasteiger partial charge on any atom is 0.147 e. The quantitative estimate of drug-likeness (QED) is 0.512. The molecule has 0 bridgehead atoms. The zero-order valence-corrected chi connectivity index (χ0v) is 13.2. The maximum atomic E-state index is 10.5. The van der Waals surface area contributed by atoms with Crippen molar-refractivity contribution < 1.29 is 15.3 Å². The van der Waals surface area contributed by atoms with Crippen LogP contribution in [0.15, 0.2) is 12.5 Å². The first-order valence-corrected chi connectivity index (χ1v) is 7.84. The number of aromatic nitrogens is 3. The SMILES string of the molecule is Nc1ncnc2c1c(I)cn2[C@]12C[C@H]1[C@H](CO)[C@@H](O)[C@H]2O. The molecule has 0 amide bonds. The van der Waals surface area contributed by atoms with Gasteiger partial charge in [0.25, 0.3) is 0 Å². The molecular weight excluding hydrogens is 387 g/mol. The van der Waals surface area contributed by atoms with E-state index in [0.29, 0.717) is 11.5 Å². The number of rotatable bonds is 2. The second kappa shape index (κ2) is 4.28. The summed E-state index contributed by atoms with van der Waals surface area (Å²) in [5.41, 5.74) is 6.00. The normalized spacial score (nSPS) is 37.9. The van der Waals surface area contributed by atoms with Crippen molar-refractivity contribution in [2.75, 3.05) is 12.3 Å². The minimum atomic E-state index is -0.915. The fourth-order valence-electron chi connectivity index (χ4n) is 3.94. The Kier molecular flexibility index (Phi) is 2.79. The Bertz CT molecular complexity index is 736. The molecule has 2 saturated carbocycles. The number of hydrogen-bond donors (Lipinski definition) is 4. The average molecular weight is 402 g/mol. The molecule has 2 aromatic heterocycles. The van der Waals surface area contributed by atoms with Crippen LogP contribution in [0, 0.1) is 15.4 Å². The number of anilines is 1. The van der Waals surface area contributed by atoms with Gasteiger partial charge in [-0.05, 0) is 34.9 Å². The third kappa shape index (κ3) is 1.53. The topological polar surface area (TPSA) is 117 Å². The Morgan fingerprint density at radius 1 is 1.43 bits per heavy atom. The minimum absolute atomic E-state index is 0.0510. The molecule has 0 spiro atoms. The van der Waals surface area contributed by atoms with Gasteiger partial charge in [0.2, 0.25) is 0 Å². The van der Waals surface area contributed by atoms with Gasteiger partial charge in [-0.3, -0.25) is 0 Å². The lowest BCUT2D eigenvalue weighted by molar-refractivity contribution is -0.0272. The number of halogens is 1. The Labute approximate surface area is 133 Å². The lowest BCUT2D eigenvalue weighted by Crippen LogP contribution is -2.38. The van der Waals surface area contributed by atoms with Gasteiger partial charge in [0.05, 0.1) is 17.0 Å². The van der Waals surface area contributed by atoms with Crippen LogP contribution in [0.25, 0.3) is 11.0 Å². The molecule has 21 heavy (non-hydrogen) atoms. The Morgan fingerprint density at radius 2 is 2.19 bits per heavy atom. The van der Waals surface area contributed by atoms with Crippen molar-refractivity contribution in [1.82, 2.24) is 14.5 Å². The van der Waals surface area contributed by atoms with Gasteiger partial charge in [-0.2, -0.15) is 0 Å². The summed E-state index contributed by atoms with van der Waals surface area (Å²) in [7, 11) is 0. The molecule has 8 heteroatoms. The molecule has 2 fully saturated rings. The summed E-state index contributed by atoms with van der Waals surface area (Å²) >= 11 is 2.17. The van der Waals surface area contributed by atoms with Crippen LogP contribution in [-0.4, -0.2) is 48.7 Å². The molecule has 0 saturated heterocycles. The smallest absolute Gasteiger partial charge is 0.147 e. The second-order valence-corrected chi connectivity index (χ2v) is 7.05. The summed E-state index contributed by atoms with van der Waals surface area (Å²) in [6, 6.07) is 0. The van der Waals surface area contributed by atoms with Crippen LogP contribution in [0.1, 0.15) is 6.42 Å². The molecule has 2 aliphatic carbocycles. The van der Waals surface area contributed by atoms with E-state index in [-0.39, 0.29) is 18.4 Å².